The maximum Gasteiger partial charge on any atom is 0.303 e. The van der Waals surface area contributed by atoms with Gasteiger partial charge in [0.15, 0.2) is 5.78 Å². The Labute approximate surface area is 177 Å². The number of hydrogen-bond acceptors (Lipinski definition) is 3. The summed E-state index contributed by atoms with van der Waals surface area (Å²) in [5.74, 6) is -0.321. The summed E-state index contributed by atoms with van der Waals surface area (Å²) in [6.45, 7) is 1.43. The molecule has 0 radical (unpaired) electrons. The molecule has 3 nitrogen and oxygen atoms in total. The number of Topliss-reactive ketones (excluding diaryl/α,β-unsaturated/α-hetero) is 1. The smallest absolute Gasteiger partial charge is 0.303 e. The van der Waals surface area contributed by atoms with Crippen LogP contribution in [0.5, 0.6) is 0 Å². The van der Waals surface area contributed by atoms with E-state index in [0.29, 0.717) is 0 Å². The molecule has 1 aliphatic rings. The first kappa shape index (κ1) is 20.1. The van der Waals surface area contributed by atoms with Gasteiger partial charge in [0.05, 0.1) is 0 Å². The molecule has 1 fully saturated rings. The molecule has 1 saturated carbocycles. The van der Waals surface area contributed by atoms with E-state index in [1.165, 1.54) is 6.92 Å². The molecule has 1 unspecified atom stereocenters. The van der Waals surface area contributed by atoms with E-state index < -0.39 is 6.10 Å². The first-order valence-electron chi connectivity index (χ1n) is 10.6. The summed E-state index contributed by atoms with van der Waals surface area (Å²) in [6, 6.07) is 23.9. The number of hydrogen-bond donors (Lipinski definition) is 0. The first-order valence-corrected chi connectivity index (χ1v) is 10.6. The normalized spacial score (nSPS) is 19.8. The molecule has 3 aromatic rings. The van der Waals surface area contributed by atoms with Gasteiger partial charge in [0.25, 0.3) is 0 Å². The van der Waals surface area contributed by atoms with E-state index in [1.54, 1.807) is 0 Å². The maximum atomic E-state index is 13.4. The predicted octanol–water partition coefficient (Wildman–Crippen LogP) is 6.08. The third-order valence-electron chi connectivity index (χ3n) is 5.94. The number of esters is 1. The highest BCUT2D eigenvalue weighted by Crippen LogP contribution is 2.38. The minimum Gasteiger partial charge on any atom is -0.458 e. The molecule has 0 aliphatic heterocycles. The SMILES string of the molecule is CC(=O)OC(/C=C/c1ccccc1)[C@H]1CCC[C@@H]1C(=O)c1ccc2ccccc2c1. The van der Waals surface area contributed by atoms with Crippen LogP contribution in [0.15, 0.2) is 78.9 Å². The number of rotatable bonds is 6. The van der Waals surface area contributed by atoms with Gasteiger partial charge in [-0.15, -0.1) is 0 Å². The van der Waals surface area contributed by atoms with Crippen molar-refractivity contribution in [3.63, 3.8) is 0 Å². The molecular formula is C27H26O3. The number of ketones is 1. The van der Waals surface area contributed by atoms with Crippen molar-refractivity contribution in [1.82, 2.24) is 0 Å². The molecule has 0 bridgehead atoms. The Morgan fingerprint density at radius 3 is 2.43 bits per heavy atom. The highest BCUT2D eigenvalue weighted by Gasteiger charge is 2.39. The number of carbonyl (C=O) groups excluding carboxylic acids is 2. The zero-order chi connectivity index (χ0) is 20.9. The summed E-state index contributed by atoms with van der Waals surface area (Å²) in [5, 5.41) is 2.19. The molecule has 0 saturated heterocycles. The second-order valence-electron chi connectivity index (χ2n) is 7.97. The topological polar surface area (TPSA) is 43.4 Å². The molecule has 4 rings (SSSR count). The van der Waals surface area contributed by atoms with Crippen LogP contribution in [0, 0.1) is 11.8 Å². The van der Waals surface area contributed by atoms with Crippen molar-refractivity contribution >= 4 is 28.6 Å². The monoisotopic (exact) mass is 398 g/mol. The summed E-state index contributed by atoms with van der Waals surface area (Å²) >= 11 is 0. The number of fused-ring (bicyclic) bond motifs is 1. The molecule has 0 spiro atoms. The second kappa shape index (κ2) is 9.08. The van der Waals surface area contributed by atoms with Gasteiger partial charge in [-0.05, 0) is 41.3 Å². The van der Waals surface area contributed by atoms with Crippen LogP contribution in [0.1, 0.15) is 42.1 Å². The van der Waals surface area contributed by atoms with Crippen LogP contribution in [0.25, 0.3) is 16.8 Å². The summed E-state index contributed by atoms with van der Waals surface area (Å²) in [4.78, 5) is 25.2. The molecule has 30 heavy (non-hydrogen) atoms. The lowest BCUT2D eigenvalue weighted by molar-refractivity contribution is -0.146. The second-order valence-corrected chi connectivity index (χ2v) is 7.97. The third kappa shape index (κ3) is 4.51. The highest BCUT2D eigenvalue weighted by molar-refractivity contribution is 6.01. The number of carbonyl (C=O) groups is 2. The van der Waals surface area contributed by atoms with Gasteiger partial charge in [-0.25, -0.2) is 0 Å². The van der Waals surface area contributed by atoms with Crippen molar-refractivity contribution in [2.45, 2.75) is 32.3 Å². The van der Waals surface area contributed by atoms with E-state index in [1.807, 2.05) is 84.9 Å². The Hall–Kier alpha value is -3.20. The fourth-order valence-corrected chi connectivity index (χ4v) is 4.50. The van der Waals surface area contributed by atoms with Crippen LogP contribution in [0.4, 0.5) is 0 Å². The molecule has 3 atom stereocenters. The van der Waals surface area contributed by atoms with Crippen molar-refractivity contribution in [2.24, 2.45) is 11.8 Å². The lowest BCUT2D eigenvalue weighted by Gasteiger charge is -2.25. The van der Waals surface area contributed by atoms with Crippen LogP contribution in [0.3, 0.4) is 0 Å². The summed E-state index contributed by atoms with van der Waals surface area (Å²) in [7, 11) is 0. The Morgan fingerprint density at radius 1 is 0.933 bits per heavy atom. The first-order chi connectivity index (χ1) is 14.6. The van der Waals surface area contributed by atoms with Crippen LogP contribution in [-0.2, 0) is 9.53 Å². The zero-order valence-corrected chi connectivity index (χ0v) is 17.2. The molecule has 0 heterocycles. The Morgan fingerprint density at radius 2 is 1.67 bits per heavy atom. The van der Waals surface area contributed by atoms with Crippen molar-refractivity contribution < 1.29 is 14.3 Å². The van der Waals surface area contributed by atoms with Gasteiger partial charge >= 0.3 is 5.97 Å². The number of benzene rings is 3. The minimum atomic E-state index is -0.403. The molecule has 1 aliphatic carbocycles. The molecule has 152 valence electrons. The number of ether oxygens (including phenoxy) is 1. The standard InChI is InChI=1S/C27H26O3/c1-19(28)30-26(17-14-20-8-3-2-4-9-20)24-12-7-13-25(24)27(29)23-16-15-21-10-5-6-11-22(21)18-23/h2-6,8-11,14-18,24-26H,7,12-13H2,1H3/b17-14+/t24-,25-,26?/m0/s1. The van der Waals surface area contributed by atoms with E-state index in [0.717, 1.165) is 41.2 Å². The Bertz CT molecular complexity index is 1070. The van der Waals surface area contributed by atoms with Gasteiger partial charge in [0.1, 0.15) is 6.10 Å². The van der Waals surface area contributed by atoms with E-state index in [-0.39, 0.29) is 23.6 Å². The Balaban J connectivity index is 1.59. The largest absolute Gasteiger partial charge is 0.458 e. The van der Waals surface area contributed by atoms with Gasteiger partial charge < -0.3 is 4.74 Å². The van der Waals surface area contributed by atoms with Gasteiger partial charge in [-0.3, -0.25) is 9.59 Å². The van der Waals surface area contributed by atoms with E-state index >= 15 is 0 Å². The molecule has 0 aromatic heterocycles. The summed E-state index contributed by atoms with van der Waals surface area (Å²) < 4.78 is 5.66. The average molecular weight is 399 g/mol. The average Bonchev–Trinajstić information content (AvgIpc) is 3.26. The molecule has 3 heteroatoms. The fraction of sp³-hybridized carbons (Fsp3) is 0.259. The van der Waals surface area contributed by atoms with Crippen molar-refractivity contribution in [2.75, 3.05) is 0 Å². The van der Waals surface area contributed by atoms with Crippen molar-refractivity contribution in [3.05, 3.63) is 90.0 Å². The van der Waals surface area contributed by atoms with E-state index in [2.05, 4.69) is 0 Å². The molecule has 0 N–H and O–H groups in total. The summed E-state index contributed by atoms with van der Waals surface area (Å²) in [6.07, 6.45) is 6.18. The predicted molar refractivity (Wildman–Crippen MR) is 120 cm³/mol. The van der Waals surface area contributed by atoms with Crippen molar-refractivity contribution in [3.8, 4) is 0 Å². The van der Waals surface area contributed by atoms with Crippen LogP contribution in [-0.4, -0.2) is 17.9 Å². The molecule has 3 aromatic carbocycles. The lowest BCUT2D eigenvalue weighted by atomic mass is 9.84. The Kier molecular flexibility index (Phi) is 6.08. The van der Waals surface area contributed by atoms with E-state index in [9.17, 15) is 9.59 Å². The van der Waals surface area contributed by atoms with Crippen molar-refractivity contribution in [1.29, 1.82) is 0 Å². The zero-order valence-electron chi connectivity index (χ0n) is 17.2. The third-order valence-corrected chi connectivity index (χ3v) is 5.94. The minimum absolute atomic E-state index is 0.00664. The van der Waals surface area contributed by atoms with Crippen LogP contribution >= 0.6 is 0 Å². The van der Waals surface area contributed by atoms with Gasteiger partial charge in [-0.2, -0.15) is 0 Å². The van der Waals surface area contributed by atoms with E-state index in [4.69, 9.17) is 4.74 Å². The lowest BCUT2D eigenvalue weighted by Crippen LogP contribution is -2.31. The van der Waals surface area contributed by atoms with Crippen LogP contribution < -0.4 is 0 Å². The molecule has 0 amide bonds. The van der Waals surface area contributed by atoms with Gasteiger partial charge in [0, 0.05) is 24.3 Å². The summed E-state index contributed by atoms with van der Waals surface area (Å²) in [5.41, 5.74) is 1.78. The van der Waals surface area contributed by atoms with Gasteiger partial charge in [0.2, 0.25) is 0 Å². The highest BCUT2D eigenvalue weighted by atomic mass is 16.5. The van der Waals surface area contributed by atoms with Crippen LogP contribution in [0.2, 0.25) is 0 Å². The maximum absolute atomic E-state index is 13.4. The molecular weight excluding hydrogens is 372 g/mol. The van der Waals surface area contributed by atoms with Gasteiger partial charge in [-0.1, -0.05) is 79.2 Å². The quantitative estimate of drug-likeness (QED) is 0.373. The fourth-order valence-electron chi connectivity index (χ4n) is 4.50.